The summed E-state index contributed by atoms with van der Waals surface area (Å²) < 4.78 is 32.5. The van der Waals surface area contributed by atoms with Crippen LogP contribution in [0.4, 0.5) is 13.2 Å². The van der Waals surface area contributed by atoms with Gasteiger partial charge in [-0.25, -0.2) is 9.78 Å². The van der Waals surface area contributed by atoms with Crippen LogP contribution in [-0.4, -0.2) is 57.2 Å². The average Bonchev–Trinajstić information content (AvgIpc) is 2.51. The molecule has 0 aliphatic heterocycles. The van der Waals surface area contributed by atoms with E-state index >= 15 is 0 Å². The molecule has 0 saturated carbocycles. The Morgan fingerprint density at radius 1 is 1.28 bits per heavy atom. The zero-order valence-corrected chi connectivity index (χ0v) is 14.7. The van der Waals surface area contributed by atoms with Gasteiger partial charge in [-0.05, 0) is 40.9 Å². The highest BCUT2D eigenvalue weighted by Crippen LogP contribution is 2.15. The van der Waals surface area contributed by atoms with E-state index in [1.54, 1.807) is 19.2 Å². The topological polar surface area (TPSA) is 108 Å². The molecule has 11 heteroatoms. The van der Waals surface area contributed by atoms with Crippen molar-refractivity contribution in [2.75, 3.05) is 13.1 Å². The van der Waals surface area contributed by atoms with Gasteiger partial charge in [0.25, 0.3) is 0 Å². The number of alkyl halides is 3. The van der Waals surface area contributed by atoms with Crippen molar-refractivity contribution in [3.63, 3.8) is 0 Å². The van der Waals surface area contributed by atoms with E-state index in [0.717, 1.165) is 10.2 Å². The number of halogens is 4. The lowest BCUT2D eigenvalue weighted by Gasteiger charge is -2.18. The number of likely N-dealkylation sites (N-methyl/N-ethyl adjacent to an activating group) is 1. The summed E-state index contributed by atoms with van der Waals surface area (Å²) in [6.07, 6.45) is -2.59. The Morgan fingerprint density at radius 3 is 2.24 bits per heavy atom. The van der Waals surface area contributed by atoms with Crippen LogP contribution in [0, 0.1) is 0 Å². The first kappa shape index (κ1) is 22.8. The van der Waals surface area contributed by atoms with Gasteiger partial charge in [0.1, 0.15) is 11.1 Å². The van der Waals surface area contributed by atoms with Gasteiger partial charge in [-0.3, -0.25) is 9.59 Å². The van der Waals surface area contributed by atoms with Gasteiger partial charge in [0, 0.05) is 19.2 Å². The maximum Gasteiger partial charge on any atom is 0.490 e. The highest BCUT2D eigenvalue weighted by Gasteiger charge is 2.38. The second-order valence-electron chi connectivity index (χ2n) is 4.56. The number of hydrogen-bond donors (Lipinski definition) is 2. The normalized spacial score (nSPS) is 10.4. The minimum Gasteiger partial charge on any atom is -0.480 e. The van der Waals surface area contributed by atoms with Crippen molar-refractivity contribution in [2.45, 2.75) is 25.9 Å². The van der Waals surface area contributed by atoms with Crippen molar-refractivity contribution >= 4 is 33.8 Å². The molecule has 0 aromatic carbocycles. The van der Waals surface area contributed by atoms with Crippen LogP contribution in [0.25, 0.3) is 0 Å². The molecule has 0 spiro atoms. The molecule has 2 N–H and O–H groups in total. The van der Waals surface area contributed by atoms with Crippen LogP contribution in [0.3, 0.4) is 0 Å². The Labute approximate surface area is 149 Å². The first-order valence-electron chi connectivity index (χ1n) is 6.88. The second-order valence-corrected chi connectivity index (χ2v) is 5.31. The number of pyridine rings is 1. The largest absolute Gasteiger partial charge is 0.490 e. The lowest BCUT2D eigenvalue weighted by atomic mass is 10.1. The highest BCUT2D eigenvalue weighted by atomic mass is 79.9. The number of carbonyl (C=O) groups is 3. The van der Waals surface area contributed by atoms with Crippen LogP contribution in [0.15, 0.2) is 22.9 Å². The van der Waals surface area contributed by atoms with Crippen molar-refractivity contribution in [1.29, 1.82) is 0 Å². The molecule has 0 unspecified atom stereocenters. The maximum absolute atomic E-state index is 11.8. The van der Waals surface area contributed by atoms with Gasteiger partial charge in [-0.2, -0.15) is 13.2 Å². The SMILES string of the molecule is CCN(CC(=O)O)C(=O)CCc1cccnc1Br.O=C(O)C(F)(F)F. The summed E-state index contributed by atoms with van der Waals surface area (Å²) in [6.45, 7) is 1.92. The molecule has 0 atom stereocenters. The van der Waals surface area contributed by atoms with E-state index in [0.29, 0.717) is 13.0 Å². The van der Waals surface area contributed by atoms with E-state index in [-0.39, 0.29) is 18.9 Å². The van der Waals surface area contributed by atoms with Gasteiger partial charge < -0.3 is 15.1 Å². The zero-order valence-electron chi connectivity index (χ0n) is 13.1. The summed E-state index contributed by atoms with van der Waals surface area (Å²) >= 11 is 3.31. The molecule has 1 aromatic rings. The van der Waals surface area contributed by atoms with E-state index in [4.69, 9.17) is 15.0 Å². The van der Waals surface area contributed by atoms with Crippen molar-refractivity contribution < 1.29 is 37.8 Å². The van der Waals surface area contributed by atoms with Crippen LogP contribution < -0.4 is 0 Å². The number of aryl methyl sites for hydroxylation is 1. The molecule has 0 radical (unpaired) electrons. The number of aromatic nitrogens is 1. The number of nitrogens with zero attached hydrogens (tertiary/aromatic N) is 2. The van der Waals surface area contributed by atoms with Crippen molar-refractivity contribution in [3.8, 4) is 0 Å². The number of carboxylic acids is 2. The fourth-order valence-corrected chi connectivity index (χ4v) is 1.99. The molecule has 1 aromatic heterocycles. The molecule has 0 saturated heterocycles. The van der Waals surface area contributed by atoms with Gasteiger partial charge in [-0.1, -0.05) is 6.07 Å². The second kappa shape index (κ2) is 10.6. The van der Waals surface area contributed by atoms with Gasteiger partial charge >= 0.3 is 18.1 Å². The maximum atomic E-state index is 11.8. The molecule has 0 bridgehead atoms. The molecule has 0 fully saturated rings. The van der Waals surface area contributed by atoms with E-state index in [2.05, 4.69) is 20.9 Å². The summed E-state index contributed by atoms with van der Waals surface area (Å²) in [5, 5.41) is 15.8. The lowest BCUT2D eigenvalue weighted by Crippen LogP contribution is -2.35. The van der Waals surface area contributed by atoms with Crippen LogP contribution in [0.1, 0.15) is 18.9 Å². The van der Waals surface area contributed by atoms with Crippen molar-refractivity contribution in [3.05, 3.63) is 28.5 Å². The molecule has 0 aliphatic rings. The van der Waals surface area contributed by atoms with Crippen LogP contribution >= 0.6 is 15.9 Å². The number of amides is 1. The minimum absolute atomic E-state index is 0.157. The molecule has 1 rings (SSSR count). The third kappa shape index (κ3) is 9.65. The molecule has 1 amide bonds. The predicted molar refractivity (Wildman–Crippen MR) is 83.8 cm³/mol. The smallest absolute Gasteiger partial charge is 0.480 e. The van der Waals surface area contributed by atoms with Crippen molar-refractivity contribution in [1.82, 2.24) is 9.88 Å². The molecule has 0 aliphatic carbocycles. The van der Waals surface area contributed by atoms with Gasteiger partial charge in [0.15, 0.2) is 0 Å². The quantitative estimate of drug-likeness (QED) is 0.673. The first-order valence-corrected chi connectivity index (χ1v) is 7.67. The Morgan fingerprint density at radius 2 is 1.84 bits per heavy atom. The fraction of sp³-hybridized carbons (Fsp3) is 0.429. The van der Waals surface area contributed by atoms with E-state index in [1.807, 2.05) is 6.07 Å². The zero-order chi connectivity index (χ0) is 19.6. The van der Waals surface area contributed by atoms with Gasteiger partial charge in [0.2, 0.25) is 5.91 Å². The lowest BCUT2D eigenvalue weighted by molar-refractivity contribution is -0.192. The van der Waals surface area contributed by atoms with E-state index in [9.17, 15) is 22.8 Å². The molecular formula is C14H16BrF3N2O5. The van der Waals surface area contributed by atoms with Crippen LogP contribution in [0.5, 0.6) is 0 Å². The Hall–Kier alpha value is -2.17. The van der Waals surface area contributed by atoms with Crippen molar-refractivity contribution in [2.24, 2.45) is 0 Å². The Balaban J connectivity index is 0.000000697. The third-order valence-corrected chi connectivity index (χ3v) is 3.46. The standard InChI is InChI=1S/C12H15BrN2O3.C2HF3O2/c1-2-15(8-11(17)18)10(16)6-5-9-4-3-7-14-12(9)13;3-2(4,5)1(6)7/h3-4,7H,2,5-6,8H2,1H3,(H,17,18);(H,6,7). The molecule has 140 valence electrons. The van der Waals surface area contributed by atoms with E-state index in [1.165, 1.54) is 4.90 Å². The number of rotatable bonds is 6. The number of carbonyl (C=O) groups excluding carboxylic acids is 1. The Kier molecular flexibility index (Phi) is 9.72. The number of hydrogen-bond acceptors (Lipinski definition) is 4. The highest BCUT2D eigenvalue weighted by molar-refractivity contribution is 9.10. The first-order chi connectivity index (χ1) is 11.5. The summed E-state index contributed by atoms with van der Waals surface area (Å²) in [5.41, 5.74) is 0.942. The van der Waals surface area contributed by atoms with Gasteiger partial charge in [-0.15, -0.1) is 0 Å². The van der Waals surface area contributed by atoms with Crippen LogP contribution in [-0.2, 0) is 20.8 Å². The molecule has 7 nitrogen and oxygen atoms in total. The predicted octanol–water partition coefficient (Wildman–Crippen LogP) is 2.34. The minimum atomic E-state index is -5.08. The monoisotopic (exact) mass is 428 g/mol. The fourth-order valence-electron chi connectivity index (χ4n) is 1.55. The number of aliphatic carboxylic acids is 2. The average molecular weight is 429 g/mol. The summed E-state index contributed by atoms with van der Waals surface area (Å²) in [5.74, 6) is -3.91. The molecule has 1 heterocycles. The summed E-state index contributed by atoms with van der Waals surface area (Å²) in [6, 6.07) is 3.69. The van der Waals surface area contributed by atoms with Gasteiger partial charge in [0.05, 0.1) is 0 Å². The summed E-state index contributed by atoms with van der Waals surface area (Å²) in [4.78, 5) is 36.7. The van der Waals surface area contributed by atoms with E-state index < -0.39 is 18.1 Å². The molecule has 25 heavy (non-hydrogen) atoms. The number of carboxylic acid groups (broad SMARTS) is 2. The van der Waals surface area contributed by atoms with Crippen LogP contribution in [0.2, 0.25) is 0 Å². The molecular weight excluding hydrogens is 413 g/mol. The Bertz CT molecular complexity index is 610. The third-order valence-electron chi connectivity index (χ3n) is 2.75. The summed E-state index contributed by atoms with van der Waals surface area (Å²) in [7, 11) is 0.